The van der Waals surface area contributed by atoms with Gasteiger partial charge in [-0.25, -0.2) is 9.59 Å². The quantitative estimate of drug-likeness (QED) is 0.590. The number of hydrogen-bond acceptors (Lipinski definition) is 4. The third kappa shape index (κ3) is 4.25. The maximum Gasteiger partial charge on any atom is 0.411 e. The lowest BCUT2D eigenvalue weighted by Gasteiger charge is -2.40. The van der Waals surface area contributed by atoms with Gasteiger partial charge in [-0.2, -0.15) is 0 Å². The Hall–Kier alpha value is -1.52. The van der Waals surface area contributed by atoms with Crippen LogP contribution in [0.25, 0.3) is 0 Å². The molecule has 5 nitrogen and oxygen atoms in total. The average molecular weight is 283 g/mol. The fourth-order valence-corrected chi connectivity index (χ4v) is 2.46. The van der Waals surface area contributed by atoms with E-state index in [0.29, 0.717) is 12.8 Å². The first-order valence-corrected chi connectivity index (χ1v) is 7.00. The highest BCUT2D eigenvalue weighted by atomic mass is 16.6. The number of nitrogens with zero attached hydrogens (tertiary/aromatic N) is 1. The molecule has 0 spiro atoms. The molecule has 1 aliphatic rings. The van der Waals surface area contributed by atoms with Gasteiger partial charge in [0.25, 0.3) is 0 Å². The van der Waals surface area contributed by atoms with Gasteiger partial charge < -0.3 is 9.47 Å². The molecule has 2 unspecified atom stereocenters. The summed E-state index contributed by atoms with van der Waals surface area (Å²) in [5.41, 5.74) is -0.589. The summed E-state index contributed by atoms with van der Waals surface area (Å²) in [6.45, 7) is 9.15. The molecule has 1 amide bonds. The van der Waals surface area contributed by atoms with Crippen LogP contribution in [0.1, 0.15) is 46.5 Å². The van der Waals surface area contributed by atoms with Crippen LogP contribution < -0.4 is 0 Å². The van der Waals surface area contributed by atoms with E-state index in [-0.39, 0.29) is 12.0 Å². The molecule has 0 bridgehead atoms. The zero-order chi connectivity index (χ0) is 15.3. The molecular weight excluding hydrogens is 258 g/mol. The van der Waals surface area contributed by atoms with Crippen molar-refractivity contribution in [3.05, 3.63) is 12.7 Å². The number of carbonyl (C=O) groups excluding carboxylic acids is 2. The largest absolute Gasteiger partial charge is 0.467 e. The number of rotatable bonds is 3. The number of piperidine rings is 1. The minimum Gasteiger partial charge on any atom is -0.467 e. The van der Waals surface area contributed by atoms with Crippen molar-refractivity contribution in [3.63, 3.8) is 0 Å². The Morgan fingerprint density at radius 2 is 2.00 bits per heavy atom. The predicted octanol–water partition coefficient (Wildman–Crippen LogP) is 2.89. The van der Waals surface area contributed by atoms with E-state index in [1.54, 1.807) is 6.08 Å². The molecule has 0 aromatic rings. The molecule has 5 heteroatoms. The number of ether oxygens (including phenoxy) is 2. The molecule has 1 fully saturated rings. The molecule has 2 atom stereocenters. The standard InChI is InChI=1S/C15H25NO4/c1-6-8-11-9-7-10-12(13(17)19-5)16(11)14(18)20-15(2,3)4/h6,11-12H,1,7-10H2,2-5H3. The summed E-state index contributed by atoms with van der Waals surface area (Å²) in [6, 6.07) is -0.617. The van der Waals surface area contributed by atoms with E-state index in [1.807, 2.05) is 20.8 Å². The highest BCUT2D eigenvalue weighted by Gasteiger charge is 2.40. The van der Waals surface area contributed by atoms with Crippen LogP contribution in [0.15, 0.2) is 12.7 Å². The smallest absolute Gasteiger partial charge is 0.411 e. The van der Waals surface area contributed by atoms with E-state index in [0.717, 1.165) is 12.8 Å². The van der Waals surface area contributed by atoms with Gasteiger partial charge in [0.2, 0.25) is 0 Å². The third-order valence-corrected chi connectivity index (χ3v) is 3.26. The van der Waals surface area contributed by atoms with E-state index in [1.165, 1.54) is 12.0 Å². The molecule has 0 aliphatic carbocycles. The van der Waals surface area contributed by atoms with Crippen LogP contribution in [0.3, 0.4) is 0 Å². The molecule has 0 aromatic heterocycles. The zero-order valence-electron chi connectivity index (χ0n) is 12.8. The van der Waals surface area contributed by atoms with Crippen molar-refractivity contribution in [2.45, 2.75) is 64.1 Å². The van der Waals surface area contributed by atoms with Crippen LogP contribution in [0.4, 0.5) is 4.79 Å². The van der Waals surface area contributed by atoms with E-state index >= 15 is 0 Å². The summed E-state index contributed by atoms with van der Waals surface area (Å²) in [6.07, 6.45) is 4.30. The summed E-state index contributed by atoms with van der Waals surface area (Å²) in [4.78, 5) is 25.8. The first kappa shape index (κ1) is 16.5. The van der Waals surface area contributed by atoms with Crippen molar-refractivity contribution in [1.29, 1.82) is 0 Å². The normalized spacial score (nSPS) is 23.1. The van der Waals surface area contributed by atoms with Crippen molar-refractivity contribution >= 4 is 12.1 Å². The van der Waals surface area contributed by atoms with Gasteiger partial charge in [0.15, 0.2) is 0 Å². The number of likely N-dealkylation sites (tertiary alicyclic amines) is 1. The minimum absolute atomic E-state index is 0.0554. The van der Waals surface area contributed by atoms with Crippen LogP contribution in [-0.2, 0) is 14.3 Å². The first-order chi connectivity index (χ1) is 9.30. The van der Waals surface area contributed by atoms with Crippen molar-refractivity contribution in [1.82, 2.24) is 4.90 Å². The maximum absolute atomic E-state index is 12.4. The lowest BCUT2D eigenvalue weighted by molar-refractivity contribution is -0.149. The van der Waals surface area contributed by atoms with Crippen molar-refractivity contribution < 1.29 is 19.1 Å². The van der Waals surface area contributed by atoms with Crippen LogP contribution >= 0.6 is 0 Å². The topological polar surface area (TPSA) is 55.8 Å². The van der Waals surface area contributed by atoms with Crippen LogP contribution in [-0.4, -0.2) is 41.8 Å². The molecular formula is C15H25NO4. The fourth-order valence-electron chi connectivity index (χ4n) is 2.46. The van der Waals surface area contributed by atoms with Gasteiger partial charge in [0.1, 0.15) is 11.6 Å². The fraction of sp³-hybridized carbons (Fsp3) is 0.733. The Morgan fingerprint density at radius 1 is 1.35 bits per heavy atom. The highest BCUT2D eigenvalue weighted by Crippen LogP contribution is 2.28. The number of hydrogen-bond donors (Lipinski definition) is 0. The molecule has 0 aromatic carbocycles. The van der Waals surface area contributed by atoms with Gasteiger partial charge in [0, 0.05) is 6.04 Å². The molecule has 0 N–H and O–H groups in total. The summed E-state index contributed by atoms with van der Waals surface area (Å²) < 4.78 is 10.2. The number of methoxy groups -OCH3 is 1. The average Bonchev–Trinajstić information content (AvgIpc) is 2.35. The number of carbonyl (C=O) groups is 2. The lowest BCUT2D eigenvalue weighted by Crippen LogP contribution is -2.54. The van der Waals surface area contributed by atoms with Crippen LogP contribution in [0, 0.1) is 0 Å². The summed E-state index contributed by atoms with van der Waals surface area (Å²) >= 11 is 0. The molecule has 1 rings (SSSR count). The maximum atomic E-state index is 12.4. The number of esters is 1. The lowest BCUT2D eigenvalue weighted by atomic mass is 9.94. The van der Waals surface area contributed by atoms with Gasteiger partial charge in [0.05, 0.1) is 7.11 Å². The van der Waals surface area contributed by atoms with E-state index in [4.69, 9.17) is 9.47 Å². The van der Waals surface area contributed by atoms with Gasteiger partial charge in [-0.05, 0) is 46.5 Å². The van der Waals surface area contributed by atoms with E-state index in [2.05, 4.69) is 6.58 Å². The second-order valence-corrected chi connectivity index (χ2v) is 6.04. The molecule has 0 saturated carbocycles. The van der Waals surface area contributed by atoms with Gasteiger partial charge in [-0.1, -0.05) is 6.08 Å². The predicted molar refractivity (Wildman–Crippen MR) is 76.3 cm³/mol. The van der Waals surface area contributed by atoms with E-state index in [9.17, 15) is 9.59 Å². The van der Waals surface area contributed by atoms with Gasteiger partial charge in [-0.15, -0.1) is 6.58 Å². The summed E-state index contributed by atoms with van der Waals surface area (Å²) in [5.74, 6) is -0.385. The molecule has 0 radical (unpaired) electrons. The monoisotopic (exact) mass is 283 g/mol. The van der Waals surface area contributed by atoms with Crippen molar-refractivity contribution in [2.75, 3.05) is 7.11 Å². The Labute approximate surface area is 120 Å². The Morgan fingerprint density at radius 3 is 2.50 bits per heavy atom. The third-order valence-electron chi connectivity index (χ3n) is 3.26. The van der Waals surface area contributed by atoms with Gasteiger partial charge >= 0.3 is 12.1 Å². The Balaban J connectivity index is 2.96. The minimum atomic E-state index is -0.589. The summed E-state index contributed by atoms with van der Waals surface area (Å²) in [5, 5.41) is 0. The first-order valence-electron chi connectivity index (χ1n) is 7.00. The molecule has 20 heavy (non-hydrogen) atoms. The zero-order valence-corrected chi connectivity index (χ0v) is 12.8. The molecule has 1 heterocycles. The van der Waals surface area contributed by atoms with Crippen molar-refractivity contribution in [2.24, 2.45) is 0 Å². The van der Waals surface area contributed by atoms with Crippen LogP contribution in [0.5, 0.6) is 0 Å². The van der Waals surface area contributed by atoms with Gasteiger partial charge in [-0.3, -0.25) is 4.90 Å². The second kappa shape index (κ2) is 6.77. The summed E-state index contributed by atoms with van der Waals surface area (Å²) in [7, 11) is 1.34. The molecule has 1 aliphatic heterocycles. The van der Waals surface area contributed by atoms with Crippen molar-refractivity contribution in [3.8, 4) is 0 Å². The SMILES string of the molecule is C=CCC1CCCC(C(=O)OC)N1C(=O)OC(C)(C)C. The number of amides is 1. The second-order valence-electron chi connectivity index (χ2n) is 6.04. The highest BCUT2D eigenvalue weighted by molar-refractivity contribution is 5.82. The van der Waals surface area contributed by atoms with E-state index < -0.39 is 17.7 Å². The van der Waals surface area contributed by atoms with Crippen LogP contribution in [0.2, 0.25) is 0 Å². The molecule has 1 saturated heterocycles. The Kier molecular flexibility index (Phi) is 5.60. The molecule has 114 valence electrons. The Bertz CT molecular complexity index is 373.